The molecule has 0 saturated heterocycles. The Morgan fingerprint density at radius 2 is 1.43 bits per heavy atom. The summed E-state index contributed by atoms with van der Waals surface area (Å²) in [5, 5.41) is 3.09. The summed E-state index contributed by atoms with van der Waals surface area (Å²) in [5.74, 6) is 0.294. The maximum atomic E-state index is 13.6. The molecule has 0 fully saturated rings. The van der Waals surface area contributed by atoms with Crippen LogP contribution in [0.15, 0.2) is 0 Å². The number of hydrogen-bond donors (Lipinski definition) is 1. The van der Waals surface area contributed by atoms with Crippen molar-refractivity contribution in [1.29, 1.82) is 0 Å². The van der Waals surface area contributed by atoms with Gasteiger partial charge in [0.25, 0.3) is 0 Å². The first-order valence-corrected chi connectivity index (χ1v) is 11.7. The first kappa shape index (κ1) is 28.9. The standard InChI is InChI=1S/C24H49N3O3/c1-13-18(9)22(19(14-2)30-12)27(11)24(29)20(15(3)4)25-23(28)21(16(5)6)26(10)17(7)8/h15-22H,13-14H2,1-12H3,(H,25,28)/t18?,19?,20-,21?,22?/m0/s1. The van der Waals surface area contributed by atoms with Gasteiger partial charge in [0, 0.05) is 20.2 Å². The third kappa shape index (κ3) is 7.52. The zero-order chi connectivity index (χ0) is 23.8. The molecule has 0 saturated carbocycles. The van der Waals surface area contributed by atoms with Gasteiger partial charge in [0.2, 0.25) is 11.8 Å². The van der Waals surface area contributed by atoms with Crippen molar-refractivity contribution in [3.8, 4) is 0 Å². The minimum absolute atomic E-state index is 0.0127. The summed E-state index contributed by atoms with van der Waals surface area (Å²) >= 11 is 0. The van der Waals surface area contributed by atoms with E-state index in [-0.39, 0.29) is 47.9 Å². The maximum absolute atomic E-state index is 13.6. The van der Waals surface area contributed by atoms with Crippen LogP contribution in [0.4, 0.5) is 0 Å². The third-order valence-corrected chi connectivity index (χ3v) is 6.49. The molecule has 0 aromatic carbocycles. The number of carbonyl (C=O) groups excluding carboxylic acids is 2. The Hall–Kier alpha value is -1.14. The van der Waals surface area contributed by atoms with Crippen molar-refractivity contribution in [3.05, 3.63) is 0 Å². The van der Waals surface area contributed by atoms with E-state index < -0.39 is 6.04 Å². The van der Waals surface area contributed by atoms with Gasteiger partial charge in [0.05, 0.1) is 18.2 Å². The molecule has 0 bridgehead atoms. The van der Waals surface area contributed by atoms with Gasteiger partial charge < -0.3 is 15.0 Å². The van der Waals surface area contributed by atoms with Crippen LogP contribution in [0.25, 0.3) is 0 Å². The molecule has 0 aromatic rings. The Balaban J connectivity index is 5.76. The molecule has 30 heavy (non-hydrogen) atoms. The van der Waals surface area contributed by atoms with Crippen molar-refractivity contribution in [2.24, 2.45) is 17.8 Å². The Bertz CT molecular complexity index is 518. The fourth-order valence-electron chi connectivity index (χ4n) is 4.18. The number of ether oxygens (including phenoxy) is 1. The normalized spacial score (nSPS) is 17.2. The molecule has 0 aromatic heterocycles. The number of rotatable bonds is 13. The van der Waals surface area contributed by atoms with Crippen molar-refractivity contribution >= 4 is 11.8 Å². The maximum Gasteiger partial charge on any atom is 0.245 e. The predicted octanol–water partition coefficient (Wildman–Crippen LogP) is 3.79. The van der Waals surface area contributed by atoms with Gasteiger partial charge in [-0.25, -0.2) is 0 Å². The van der Waals surface area contributed by atoms with E-state index in [1.807, 2.05) is 46.7 Å². The Morgan fingerprint density at radius 3 is 1.77 bits per heavy atom. The molecule has 1 N–H and O–H groups in total. The molecule has 5 atom stereocenters. The monoisotopic (exact) mass is 427 g/mol. The molecule has 0 aliphatic rings. The average Bonchev–Trinajstić information content (AvgIpc) is 2.67. The Labute approximate surface area is 186 Å². The van der Waals surface area contributed by atoms with Crippen LogP contribution in [0, 0.1) is 17.8 Å². The molecule has 0 aliphatic carbocycles. The molecule has 178 valence electrons. The van der Waals surface area contributed by atoms with Gasteiger partial charge in [-0.1, -0.05) is 54.9 Å². The number of likely N-dealkylation sites (N-methyl/N-ethyl adjacent to an activating group) is 2. The fraction of sp³-hybridized carbons (Fsp3) is 0.917. The van der Waals surface area contributed by atoms with Crippen molar-refractivity contribution < 1.29 is 14.3 Å². The highest BCUT2D eigenvalue weighted by Crippen LogP contribution is 2.23. The van der Waals surface area contributed by atoms with Crippen molar-refractivity contribution in [2.45, 2.75) is 105 Å². The Kier molecular flexibility index (Phi) is 12.8. The smallest absolute Gasteiger partial charge is 0.245 e. The van der Waals surface area contributed by atoms with E-state index >= 15 is 0 Å². The highest BCUT2D eigenvalue weighted by Gasteiger charge is 2.37. The minimum Gasteiger partial charge on any atom is -0.379 e. The van der Waals surface area contributed by atoms with E-state index in [0.29, 0.717) is 5.92 Å². The summed E-state index contributed by atoms with van der Waals surface area (Å²) in [6, 6.07) is -0.641. The fourth-order valence-corrected chi connectivity index (χ4v) is 4.18. The lowest BCUT2D eigenvalue weighted by atomic mass is 9.90. The lowest BCUT2D eigenvalue weighted by Gasteiger charge is -2.40. The van der Waals surface area contributed by atoms with Gasteiger partial charge in [-0.05, 0) is 45.1 Å². The largest absolute Gasteiger partial charge is 0.379 e. The van der Waals surface area contributed by atoms with Crippen LogP contribution in [0.5, 0.6) is 0 Å². The number of amides is 2. The molecule has 0 heterocycles. The third-order valence-electron chi connectivity index (χ3n) is 6.49. The number of methoxy groups -OCH3 is 1. The van der Waals surface area contributed by atoms with Crippen LogP contribution < -0.4 is 5.32 Å². The van der Waals surface area contributed by atoms with Gasteiger partial charge in [-0.3, -0.25) is 14.5 Å². The molecule has 0 radical (unpaired) electrons. The number of nitrogens with zero attached hydrogens (tertiary/aromatic N) is 2. The highest BCUT2D eigenvalue weighted by molar-refractivity contribution is 5.90. The van der Waals surface area contributed by atoms with Crippen LogP contribution in [-0.2, 0) is 14.3 Å². The van der Waals surface area contributed by atoms with E-state index in [9.17, 15) is 9.59 Å². The number of hydrogen-bond acceptors (Lipinski definition) is 4. The van der Waals surface area contributed by atoms with E-state index in [0.717, 1.165) is 12.8 Å². The Morgan fingerprint density at radius 1 is 0.900 bits per heavy atom. The van der Waals surface area contributed by atoms with Crippen molar-refractivity contribution in [2.75, 3.05) is 21.2 Å². The summed E-state index contributed by atoms with van der Waals surface area (Å²) in [7, 11) is 5.53. The van der Waals surface area contributed by atoms with Gasteiger partial charge in [0.15, 0.2) is 0 Å². The minimum atomic E-state index is -0.565. The van der Waals surface area contributed by atoms with Crippen molar-refractivity contribution in [3.63, 3.8) is 0 Å². The SMILES string of the molecule is CCC(C)C(C(CC)OC)N(C)C(=O)[C@@H](NC(=O)C(C(C)C)N(C)C(C)C)C(C)C. The molecule has 0 aliphatic heterocycles. The molecular formula is C24H49N3O3. The van der Waals surface area contributed by atoms with Gasteiger partial charge in [-0.15, -0.1) is 0 Å². The molecule has 0 rings (SSSR count). The van der Waals surface area contributed by atoms with Crippen molar-refractivity contribution in [1.82, 2.24) is 15.1 Å². The first-order valence-electron chi connectivity index (χ1n) is 11.7. The molecule has 2 amide bonds. The zero-order valence-corrected chi connectivity index (χ0v) is 21.7. The highest BCUT2D eigenvalue weighted by atomic mass is 16.5. The second-order valence-electron chi connectivity index (χ2n) is 9.69. The lowest BCUT2D eigenvalue weighted by molar-refractivity contribution is -0.143. The summed E-state index contributed by atoms with van der Waals surface area (Å²) in [4.78, 5) is 30.7. The summed E-state index contributed by atoms with van der Waals surface area (Å²) in [6.07, 6.45) is 1.75. The number of carbonyl (C=O) groups is 2. The van der Waals surface area contributed by atoms with Gasteiger partial charge in [-0.2, -0.15) is 0 Å². The molecule has 0 spiro atoms. The second-order valence-corrected chi connectivity index (χ2v) is 9.69. The van der Waals surface area contributed by atoms with Gasteiger partial charge >= 0.3 is 0 Å². The van der Waals surface area contributed by atoms with E-state index in [2.05, 4.69) is 44.8 Å². The summed E-state index contributed by atoms with van der Waals surface area (Å²) < 4.78 is 5.72. The van der Waals surface area contributed by atoms with E-state index in [1.165, 1.54) is 0 Å². The molecule has 6 heteroatoms. The van der Waals surface area contributed by atoms with Crippen LogP contribution in [0.3, 0.4) is 0 Å². The van der Waals surface area contributed by atoms with E-state index in [4.69, 9.17) is 4.74 Å². The summed E-state index contributed by atoms with van der Waals surface area (Å²) in [5.41, 5.74) is 0. The van der Waals surface area contributed by atoms with E-state index in [1.54, 1.807) is 7.11 Å². The van der Waals surface area contributed by atoms with Crippen LogP contribution in [-0.4, -0.2) is 73.1 Å². The zero-order valence-electron chi connectivity index (χ0n) is 21.7. The molecule has 4 unspecified atom stereocenters. The quantitative estimate of drug-likeness (QED) is 0.486. The van der Waals surface area contributed by atoms with Gasteiger partial charge in [0.1, 0.15) is 6.04 Å². The number of nitrogens with one attached hydrogen (secondary N) is 1. The molecular weight excluding hydrogens is 378 g/mol. The second kappa shape index (κ2) is 13.3. The predicted molar refractivity (Wildman–Crippen MR) is 125 cm³/mol. The first-order chi connectivity index (χ1) is 13.8. The van der Waals surface area contributed by atoms with Crippen LogP contribution in [0.2, 0.25) is 0 Å². The van der Waals surface area contributed by atoms with Crippen LogP contribution >= 0.6 is 0 Å². The van der Waals surface area contributed by atoms with Crippen LogP contribution in [0.1, 0.15) is 75.2 Å². The molecule has 6 nitrogen and oxygen atoms in total. The average molecular weight is 428 g/mol. The topological polar surface area (TPSA) is 61.9 Å². The summed E-state index contributed by atoms with van der Waals surface area (Å²) in [6.45, 7) is 18.6. The lowest BCUT2D eigenvalue weighted by Crippen LogP contribution is -2.60.